The van der Waals surface area contributed by atoms with Gasteiger partial charge in [-0.3, -0.25) is 14.6 Å². The number of hydrogen-bond donors (Lipinski definition) is 3. The minimum Gasteiger partial charge on any atom is -0.494 e. The van der Waals surface area contributed by atoms with Gasteiger partial charge in [-0.05, 0) is 25.5 Å². The van der Waals surface area contributed by atoms with Gasteiger partial charge >= 0.3 is 0 Å². The molecule has 0 radical (unpaired) electrons. The molecule has 0 unspecified atom stereocenters. The van der Waals surface area contributed by atoms with Gasteiger partial charge in [0.15, 0.2) is 5.88 Å². The zero-order valence-electron chi connectivity index (χ0n) is 15.2. The Hall–Kier alpha value is -3.68. The van der Waals surface area contributed by atoms with Gasteiger partial charge in [-0.25, -0.2) is 4.99 Å². The molecule has 0 aliphatic heterocycles. The minimum atomic E-state index is 0.0523. The summed E-state index contributed by atoms with van der Waals surface area (Å²) >= 11 is 0. The van der Waals surface area contributed by atoms with Crippen molar-refractivity contribution in [3.63, 3.8) is 0 Å². The first-order valence-corrected chi connectivity index (χ1v) is 8.39. The number of nitrogens with two attached hydrogens (primary N) is 1. The number of H-pyrrole nitrogens is 1. The van der Waals surface area contributed by atoms with E-state index in [-0.39, 0.29) is 5.88 Å². The number of nitrogen functional groups attached to an aromatic ring is 1. The number of fused-ring (bicyclic) bond motifs is 1. The Balaban J connectivity index is 1.88. The predicted molar refractivity (Wildman–Crippen MR) is 105 cm³/mol. The second kappa shape index (κ2) is 6.24. The average Bonchev–Trinajstić information content (AvgIpc) is 3.18. The Morgan fingerprint density at radius 2 is 2.07 bits per heavy atom. The van der Waals surface area contributed by atoms with E-state index in [2.05, 4.69) is 25.0 Å². The molecule has 136 valence electrons. The Morgan fingerprint density at radius 1 is 1.26 bits per heavy atom. The van der Waals surface area contributed by atoms with Crippen molar-refractivity contribution in [2.24, 2.45) is 12.0 Å². The second-order valence-corrected chi connectivity index (χ2v) is 6.43. The van der Waals surface area contributed by atoms with Crippen LogP contribution in [0.3, 0.4) is 0 Å². The highest BCUT2D eigenvalue weighted by Gasteiger charge is 2.16. The fraction of sp³-hybridized carbons (Fsp3) is 0.158. The summed E-state index contributed by atoms with van der Waals surface area (Å²) in [6.45, 7) is 3.78. The number of nitrogens with one attached hydrogen (secondary N) is 1. The third-order valence-corrected chi connectivity index (χ3v) is 4.54. The van der Waals surface area contributed by atoms with Crippen LogP contribution in [0.2, 0.25) is 0 Å². The quantitative estimate of drug-likeness (QED) is 0.485. The number of aliphatic imine (C=N–C) groups is 1. The summed E-state index contributed by atoms with van der Waals surface area (Å²) in [7, 11) is 1.83. The molecule has 4 aromatic heterocycles. The van der Waals surface area contributed by atoms with Crippen molar-refractivity contribution in [2.45, 2.75) is 13.8 Å². The van der Waals surface area contributed by atoms with E-state index in [1.54, 1.807) is 29.5 Å². The fourth-order valence-electron chi connectivity index (χ4n) is 3.11. The fourth-order valence-corrected chi connectivity index (χ4v) is 3.11. The maximum Gasteiger partial charge on any atom is 0.198 e. The maximum atomic E-state index is 10.4. The smallest absolute Gasteiger partial charge is 0.198 e. The zero-order valence-corrected chi connectivity index (χ0v) is 15.2. The molecule has 0 aromatic carbocycles. The largest absolute Gasteiger partial charge is 0.494 e. The van der Waals surface area contributed by atoms with Crippen LogP contribution in [0.4, 0.5) is 11.4 Å². The Bertz CT molecular complexity index is 1190. The first kappa shape index (κ1) is 16.8. The number of aryl methyl sites for hydroxylation is 1. The van der Waals surface area contributed by atoms with Gasteiger partial charge in [-0.1, -0.05) is 0 Å². The zero-order chi connectivity index (χ0) is 19.1. The monoisotopic (exact) mass is 361 g/mol. The lowest BCUT2D eigenvalue weighted by molar-refractivity contribution is 0.457. The summed E-state index contributed by atoms with van der Waals surface area (Å²) in [4.78, 5) is 16.2. The number of aromatic nitrogens is 5. The standard InChI is InChI=1S/C19H19N7O/c1-10-14(6-21-7-15(10)20)16-4-13-17(8-22-16)25-19(27)18(13)11(2)24-12-5-23-26(3)9-12/h4-9,25,27H,20H2,1-3H3. The summed E-state index contributed by atoms with van der Waals surface area (Å²) in [5.41, 5.74) is 11.8. The normalized spacial score (nSPS) is 12.0. The summed E-state index contributed by atoms with van der Waals surface area (Å²) in [5.74, 6) is 0.0523. The predicted octanol–water partition coefficient (Wildman–Crippen LogP) is 3.10. The Kier molecular flexibility index (Phi) is 3.88. The van der Waals surface area contributed by atoms with Crippen molar-refractivity contribution < 1.29 is 5.11 Å². The lowest BCUT2D eigenvalue weighted by atomic mass is 10.0. The van der Waals surface area contributed by atoms with E-state index < -0.39 is 0 Å². The molecule has 0 bridgehead atoms. The van der Waals surface area contributed by atoms with Gasteiger partial charge in [0.05, 0.1) is 53.0 Å². The Labute approximate surface area is 155 Å². The molecule has 8 heteroatoms. The van der Waals surface area contributed by atoms with Gasteiger partial charge in [0.2, 0.25) is 0 Å². The van der Waals surface area contributed by atoms with Crippen LogP contribution in [0, 0.1) is 6.92 Å². The van der Waals surface area contributed by atoms with E-state index >= 15 is 0 Å². The number of rotatable bonds is 3. The van der Waals surface area contributed by atoms with E-state index in [4.69, 9.17) is 5.73 Å². The average molecular weight is 361 g/mol. The molecule has 0 saturated carbocycles. The van der Waals surface area contributed by atoms with Crippen LogP contribution in [0.25, 0.3) is 22.2 Å². The molecule has 4 rings (SSSR count). The molecule has 27 heavy (non-hydrogen) atoms. The molecular formula is C19H19N7O. The van der Waals surface area contributed by atoms with Crippen LogP contribution in [-0.2, 0) is 7.05 Å². The number of hydrogen-bond acceptors (Lipinski definition) is 6. The topological polar surface area (TPSA) is 118 Å². The molecule has 4 N–H and O–H groups in total. The third-order valence-electron chi connectivity index (χ3n) is 4.54. The Morgan fingerprint density at radius 3 is 2.81 bits per heavy atom. The molecule has 0 fully saturated rings. The van der Waals surface area contributed by atoms with E-state index in [9.17, 15) is 5.11 Å². The molecule has 8 nitrogen and oxygen atoms in total. The molecule has 0 saturated heterocycles. The van der Waals surface area contributed by atoms with Gasteiger partial charge in [0, 0.05) is 24.2 Å². The molecule has 0 aliphatic carbocycles. The summed E-state index contributed by atoms with van der Waals surface area (Å²) in [5, 5.41) is 15.4. The number of pyridine rings is 2. The van der Waals surface area contributed by atoms with Crippen LogP contribution in [0.5, 0.6) is 5.88 Å². The van der Waals surface area contributed by atoms with Crippen molar-refractivity contribution in [1.82, 2.24) is 24.7 Å². The minimum absolute atomic E-state index is 0.0523. The van der Waals surface area contributed by atoms with Crippen molar-refractivity contribution in [3.05, 3.63) is 48.2 Å². The van der Waals surface area contributed by atoms with Crippen LogP contribution < -0.4 is 5.73 Å². The SMILES string of the molecule is CC(=Nc1cnn(C)c1)c1c(O)[nH]c2cnc(-c3cncc(N)c3C)cc12. The number of anilines is 1. The lowest BCUT2D eigenvalue weighted by Crippen LogP contribution is -1.96. The van der Waals surface area contributed by atoms with Crippen LogP contribution in [-0.4, -0.2) is 35.6 Å². The van der Waals surface area contributed by atoms with Gasteiger partial charge in [-0.2, -0.15) is 5.10 Å². The number of nitrogens with zero attached hydrogens (tertiary/aromatic N) is 5. The van der Waals surface area contributed by atoms with Crippen LogP contribution in [0.15, 0.2) is 42.0 Å². The third kappa shape index (κ3) is 2.91. The van der Waals surface area contributed by atoms with Crippen LogP contribution >= 0.6 is 0 Å². The van der Waals surface area contributed by atoms with Gasteiger partial charge < -0.3 is 15.8 Å². The molecule has 4 aromatic rings. The van der Waals surface area contributed by atoms with Gasteiger partial charge in [-0.15, -0.1) is 0 Å². The van der Waals surface area contributed by atoms with Gasteiger partial charge in [0.25, 0.3) is 0 Å². The van der Waals surface area contributed by atoms with Crippen LogP contribution in [0.1, 0.15) is 18.1 Å². The van der Waals surface area contributed by atoms with E-state index in [1.807, 2.05) is 33.2 Å². The molecule has 0 amide bonds. The number of aromatic hydroxyl groups is 1. The molecule has 0 spiro atoms. The maximum absolute atomic E-state index is 10.4. The highest BCUT2D eigenvalue weighted by atomic mass is 16.3. The highest BCUT2D eigenvalue weighted by molar-refractivity contribution is 6.13. The van der Waals surface area contributed by atoms with Crippen molar-refractivity contribution in [3.8, 4) is 17.1 Å². The molecule has 0 aliphatic rings. The summed E-state index contributed by atoms with van der Waals surface area (Å²) < 4.78 is 1.68. The van der Waals surface area contributed by atoms with E-state index in [1.165, 1.54) is 0 Å². The first-order chi connectivity index (χ1) is 12.9. The molecular weight excluding hydrogens is 342 g/mol. The van der Waals surface area contributed by atoms with Gasteiger partial charge in [0.1, 0.15) is 5.69 Å². The molecule has 0 atom stereocenters. The number of aromatic amines is 1. The summed E-state index contributed by atoms with van der Waals surface area (Å²) in [6.07, 6.45) is 8.53. The second-order valence-electron chi connectivity index (χ2n) is 6.43. The molecule has 4 heterocycles. The van der Waals surface area contributed by atoms with Crippen molar-refractivity contribution >= 4 is 28.0 Å². The van der Waals surface area contributed by atoms with Crippen molar-refractivity contribution in [1.29, 1.82) is 0 Å². The van der Waals surface area contributed by atoms with E-state index in [0.717, 1.165) is 27.7 Å². The highest BCUT2D eigenvalue weighted by Crippen LogP contribution is 2.32. The lowest BCUT2D eigenvalue weighted by Gasteiger charge is -2.07. The van der Waals surface area contributed by atoms with Crippen molar-refractivity contribution in [2.75, 3.05) is 5.73 Å². The first-order valence-electron chi connectivity index (χ1n) is 8.39. The summed E-state index contributed by atoms with van der Waals surface area (Å²) in [6, 6.07) is 1.91. The van der Waals surface area contributed by atoms with E-state index in [0.29, 0.717) is 22.6 Å².